The summed E-state index contributed by atoms with van der Waals surface area (Å²) in [4.78, 5) is 22.7. The van der Waals surface area contributed by atoms with Crippen molar-refractivity contribution in [2.75, 3.05) is 0 Å². The van der Waals surface area contributed by atoms with Crippen molar-refractivity contribution in [1.82, 2.24) is 0 Å². The van der Waals surface area contributed by atoms with E-state index in [-0.39, 0.29) is 0 Å². The molecule has 3 atom stereocenters. The highest BCUT2D eigenvalue weighted by molar-refractivity contribution is 5.67. The van der Waals surface area contributed by atoms with Crippen LogP contribution in [0.15, 0.2) is 12.7 Å². The van der Waals surface area contributed by atoms with Gasteiger partial charge in [-0.3, -0.25) is 9.59 Å². The highest BCUT2D eigenvalue weighted by Crippen LogP contribution is 2.16. The highest BCUT2D eigenvalue weighted by Gasteiger charge is 2.31. The van der Waals surface area contributed by atoms with Gasteiger partial charge in [0.05, 0.1) is 0 Å². The van der Waals surface area contributed by atoms with E-state index >= 15 is 0 Å². The molecule has 0 heterocycles. The van der Waals surface area contributed by atoms with E-state index < -0.39 is 30.3 Å². The summed E-state index contributed by atoms with van der Waals surface area (Å²) >= 11 is 0. The van der Waals surface area contributed by atoms with Gasteiger partial charge in [0.2, 0.25) is 0 Å². The van der Waals surface area contributed by atoms with Crippen molar-refractivity contribution in [3.63, 3.8) is 0 Å². The number of unbranched alkanes of at least 4 members (excludes halogenated alkanes) is 4. The fourth-order valence-electron chi connectivity index (χ4n) is 2.22. The van der Waals surface area contributed by atoms with E-state index in [4.69, 9.17) is 9.47 Å². The second-order valence-corrected chi connectivity index (χ2v) is 5.92. The van der Waals surface area contributed by atoms with E-state index in [1.165, 1.54) is 13.8 Å². The van der Waals surface area contributed by atoms with E-state index in [2.05, 4.69) is 30.3 Å². The van der Waals surface area contributed by atoms with Gasteiger partial charge in [-0.15, -0.1) is 6.58 Å². The van der Waals surface area contributed by atoms with Crippen molar-refractivity contribution < 1.29 is 24.2 Å². The maximum Gasteiger partial charge on any atom is 0.303 e. The molecular formula is C21H30O5. The number of aliphatic hydroxyl groups is 1. The smallest absolute Gasteiger partial charge is 0.303 e. The molecule has 26 heavy (non-hydrogen) atoms. The van der Waals surface area contributed by atoms with E-state index in [0.29, 0.717) is 6.42 Å². The minimum Gasteiger partial charge on any atom is -0.460 e. The quantitative estimate of drug-likeness (QED) is 0.265. The summed E-state index contributed by atoms with van der Waals surface area (Å²) in [5, 5.41) is 10.6. The summed E-state index contributed by atoms with van der Waals surface area (Å²) in [5.41, 5.74) is 0. The Bertz CT molecular complexity index is 558. The summed E-state index contributed by atoms with van der Waals surface area (Å²) in [6.07, 6.45) is 4.40. The van der Waals surface area contributed by atoms with Gasteiger partial charge in [0.1, 0.15) is 12.2 Å². The first kappa shape index (κ1) is 23.8. The van der Waals surface area contributed by atoms with Gasteiger partial charge in [-0.05, 0) is 49.9 Å². The van der Waals surface area contributed by atoms with E-state index in [9.17, 15) is 14.7 Å². The molecule has 0 aliphatic carbocycles. The zero-order chi connectivity index (χ0) is 19.8. The normalized spacial score (nSPS) is 13.1. The lowest BCUT2D eigenvalue weighted by atomic mass is 10.0. The Morgan fingerprint density at radius 2 is 1.81 bits per heavy atom. The molecule has 0 aliphatic rings. The number of aliphatic hydroxyl groups excluding tert-OH is 1. The largest absolute Gasteiger partial charge is 0.460 e. The zero-order valence-corrected chi connectivity index (χ0v) is 16.0. The maximum atomic E-state index is 11.4. The van der Waals surface area contributed by atoms with Gasteiger partial charge in [0, 0.05) is 20.3 Å². The van der Waals surface area contributed by atoms with Crippen molar-refractivity contribution in [3.8, 4) is 23.7 Å². The minimum absolute atomic E-state index is 0.457. The molecule has 0 radical (unpaired) electrons. The Kier molecular flexibility index (Phi) is 13.8. The number of allylic oxidation sites excluding steroid dienone is 1. The maximum absolute atomic E-state index is 11.4. The van der Waals surface area contributed by atoms with Crippen molar-refractivity contribution in [1.29, 1.82) is 0 Å². The number of esters is 2. The SMILES string of the molecule is C=CCCCCC[C@H](OC(C)=O)[C@@H](O)[C@H](C#CC#CCCC)OC(C)=O. The third-order valence-electron chi connectivity index (χ3n) is 3.44. The lowest BCUT2D eigenvalue weighted by Crippen LogP contribution is -2.41. The summed E-state index contributed by atoms with van der Waals surface area (Å²) in [5.74, 6) is 9.70. The fraction of sp³-hybridized carbons (Fsp3) is 0.619. The van der Waals surface area contributed by atoms with Crippen LogP contribution < -0.4 is 0 Å². The summed E-state index contributed by atoms with van der Waals surface area (Å²) in [6.45, 7) is 8.20. The van der Waals surface area contributed by atoms with Gasteiger partial charge in [0.15, 0.2) is 6.10 Å². The Morgan fingerprint density at radius 3 is 2.38 bits per heavy atom. The molecule has 0 aromatic carbocycles. The predicted molar refractivity (Wildman–Crippen MR) is 101 cm³/mol. The molecular weight excluding hydrogens is 332 g/mol. The van der Waals surface area contributed by atoms with Crippen LogP contribution in [0.5, 0.6) is 0 Å². The second-order valence-electron chi connectivity index (χ2n) is 5.92. The molecule has 144 valence electrons. The standard InChI is InChI=1S/C21H30O5/c1-5-7-9-11-13-15-19(25-17(3)22)21(24)20(26-18(4)23)16-14-12-10-8-6-2/h5,19-21,24H,1,6-9,11,13,15H2,2-4H3/t19-,20-,21+/m0/s1. The molecule has 0 saturated heterocycles. The number of rotatable bonds is 11. The van der Waals surface area contributed by atoms with Gasteiger partial charge in [-0.2, -0.15) is 0 Å². The topological polar surface area (TPSA) is 72.8 Å². The summed E-state index contributed by atoms with van der Waals surface area (Å²) in [7, 11) is 0. The Morgan fingerprint density at radius 1 is 1.12 bits per heavy atom. The number of hydrogen-bond acceptors (Lipinski definition) is 5. The average molecular weight is 362 g/mol. The first-order valence-electron chi connectivity index (χ1n) is 9.04. The molecule has 5 heteroatoms. The van der Waals surface area contributed by atoms with Crippen molar-refractivity contribution in [2.45, 2.75) is 84.0 Å². The summed E-state index contributed by atoms with van der Waals surface area (Å²) < 4.78 is 10.3. The van der Waals surface area contributed by atoms with Crippen molar-refractivity contribution in [3.05, 3.63) is 12.7 Å². The molecule has 0 fully saturated rings. The van der Waals surface area contributed by atoms with Gasteiger partial charge in [-0.25, -0.2) is 0 Å². The molecule has 0 saturated carbocycles. The van der Waals surface area contributed by atoms with E-state index in [0.717, 1.165) is 38.5 Å². The molecule has 0 spiro atoms. The van der Waals surface area contributed by atoms with Crippen LogP contribution in [-0.2, 0) is 19.1 Å². The number of carbonyl (C=O) groups is 2. The molecule has 0 amide bonds. The molecule has 0 aromatic heterocycles. The number of ether oxygens (including phenoxy) is 2. The highest BCUT2D eigenvalue weighted by atomic mass is 16.6. The van der Waals surface area contributed by atoms with Crippen LogP contribution in [0.2, 0.25) is 0 Å². The van der Waals surface area contributed by atoms with Gasteiger partial charge in [-0.1, -0.05) is 25.3 Å². The van der Waals surface area contributed by atoms with Crippen LogP contribution in [0.25, 0.3) is 0 Å². The third kappa shape index (κ3) is 12.2. The van der Waals surface area contributed by atoms with Crippen LogP contribution >= 0.6 is 0 Å². The molecule has 0 rings (SSSR count). The van der Waals surface area contributed by atoms with Gasteiger partial charge >= 0.3 is 11.9 Å². The first-order valence-corrected chi connectivity index (χ1v) is 9.04. The van der Waals surface area contributed by atoms with Crippen LogP contribution in [0.3, 0.4) is 0 Å². The van der Waals surface area contributed by atoms with Crippen LogP contribution in [0, 0.1) is 23.7 Å². The Labute approximate surface area is 157 Å². The monoisotopic (exact) mass is 362 g/mol. The molecule has 0 bridgehead atoms. The van der Waals surface area contributed by atoms with Crippen LogP contribution in [0.4, 0.5) is 0 Å². The molecule has 0 aliphatic heterocycles. The van der Waals surface area contributed by atoms with Crippen molar-refractivity contribution >= 4 is 11.9 Å². The van der Waals surface area contributed by atoms with Crippen LogP contribution in [0.1, 0.15) is 65.7 Å². The first-order chi connectivity index (χ1) is 12.4. The Balaban J connectivity index is 5.04. The number of hydrogen-bond donors (Lipinski definition) is 1. The zero-order valence-electron chi connectivity index (χ0n) is 16.0. The molecule has 0 aromatic rings. The third-order valence-corrected chi connectivity index (χ3v) is 3.44. The minimum atomic E-state index is -1.23. The predicted octanol–water partition coefficient (Wildman–Crippen LogP) is 3.15. The Hall–Kier alpha value is -2.24. The van der Waals surface area contributed by atoms with Crippen molar-refractivity contribution in [2.24, 2.45) is 0 Å². The fourth-order valence-corrected chi connectivity index (χ4v) is 2.22. The van der Waals surface area contributed by atoms with Gasteiger partial charge < -0.3 is 14.6 Å². The van der Waals surface area contributed by atoms with E-state index in [1.54, 1.807) is 0 Å². The molecule has 0 unspecified atom stereocenters. The average Bonchev–Trinajstić information content (AvgIpc) is 2.58. The van der Waals surface area contributed by atoms with Gasteiger partial charge in [0.25, 0.3) is 0 Å². The molecule has 5 nitrogen and oxygen atoms in total. The lowest BCUT2D eigenvalue weighted by molar-refractivity contribution is -0.163. The second kappa shape index (κ2) is 15.0. The molecule has 1 N–H and O–H groups in total. The van der Waals surface area contributed by atoms with Crippen LogP contribution in [-0.4, -0.2) is 35.4 Å². The number of carbonyl (C=O) groups excluding carboxylic acids is 2. The summed E-state index contributed by atoms with van der Waals surface area (Å²) in [6, 6.07) is 0. The lowest BCUT2D eigenvalue weighted by Gasteiger charge is -2.26. The van der Waals surface area contributed by atoms with E-state index in [1.807, 2.05) is 13.0 Å².